The van der Waals surface area contributed by atoms with Crippen LogP contribution in [0.5, 0.6) is 5.75 Å². The molecule has 8 heteroatoms. The largest absolute Gasteiger partial charge is 0.508 e. The summed E-state index contributed by atoms with van der Waals surface area (Å²) in [7, 11) is 0. The maximum absolute atomic E-state index is 13.1. The standard InChI is InChI=1S/C20H29N3O5/c1-12(2)10-15(21)18(25)22-16(11-13-5-7-14(24)8-6-13)19(26)23-9-3-4-17(23)20(27)28/h5-8,12,15-17,24H,3-4,9-11,21H2,1-2H3,(H,22,25)(H,27,28)/t15-,16-,17-/m0/s1. The van der Waals surface area contributed by atoms with E-state index in [9.17, 15) is 24.6 Å². The van der Waals surface area contributed by atoms with E-state index in [1.54, 1.807) is 12.1 Å². The summed E-state index contributed by atoms with van der Waals surface area (Å²) in [4.78, 5) is 38.4. The number of nitrogens with one attached hydrogen (secondary N) is 1. The molecule has 0 aromatic heterocycles. The number of likely N-dealkylation sites (tertiary alicyclic amines) is 1. The van der Waals surface area contributed by atoms with Crippen LogP contribution in [0.4, 0.5) is 0 Å². The second-order valence-corrected chi connectivity index (χ2v) is 7.70. The molecule has 2 rings (SSSR count). The third-order valence-corrected chi connectivity index (χ3v) is 4.87. The molecule has 1 aromatic carbocycles. The van der Waals surface area contributed by atoms with Gasteiger partial charge in [0.05, 0.1) is 6.04 Å². The van der Waals surface area contributed by atoms with Gasteiger partial charge in [0.2, 0.25) is 11.8 Å². The Hall–Kier alpha value is -2.61. The molecule has 0 aliphatic carbocycles. The van der Waals surface area contributed by atoms with Gasteiger partial charge in [-0.25, -0.2) is 4.79 Å². The Morgan fingerprint density at radius 3 is 2.46 bits per heavy atom. The Morgan fingerprint density at radius 2 is 1.89 bits per heavy atom. The molecule has 0 bridgehead atoms. The van der Waals surface area contributed by atoms with Gasteiger partial charge >= 0.3 is 5.97 Å². The second-order valence-electron chi connectivity index (χ2n) is 7.70. The zero-order chi connectivity index (χ0) is 20.8. The van der Waals surface area contributed by atoms with E-state index in [0.717, 1.165) is 5.56 Å². The lowest BCUT2D eigenvalue weighted by Gasteiger charge is -2.28. The van der Waals surface area contributed by atoms with Gasteiger partial charge in [0.25, 0.3) is 0 Å². The summed E-state index contributed by atoms with van der Waals surface area (Å²) in [6.07, 6.45) is 1.67. The van der Waals surface area contributed by atoms with Crippen LogP contribution in [0.1, 0.15) is 38.7 Å². The summed E-state index contributed by atoms with van der Waals surface area (Å²) in [5, 5.41) is 21.5. The van der Waals surface area contributed by atoms with Crippen LogP contribution in [0.2, 0.25) is 0 Å². The molecule has 28 heavy (non-hydrogen) atoms. The highest BCUT2D eigenvalue weighted by Gasteiger charge is 2.38. The van der Waals surface area contributed by atoms with Crippen molar-refractivity contribution in [1.29, 1.82) is 0 Å². The lowest BCUT2D eigenvalue weighted by molar-refractivity contribution is -0.149. The number of phenolic OH excluding ortho intramolecular Hbond substituents is 1. The molecule has 0 spiro atoms. The molecule has 5 N–H and O–H groups in total. The van der Waals surface area contributed by atoms with Crippen molar-refractivity contribution in [2.24, 2.45) is 11.7 Å². The molecular weight excluding hydrogens is 362 g/mol. The van der Waals surface area contributed by atoms with Gasteiger partial charge in [0.15, 0.2) is 0 Å². The number of nitrogens with zero attached hydrogens (tertiary/aromatic N) is 1. The van der Waals surface area contributed by atoms with Crippen molar-refractivity contribution in [1.82, 2.24) is 10.2 Å². The Bertz CT molecular complexity index is 704. The Labute approximate surface area is 164 Å². The van der Waals surface area contributed by atoms with Crippen molar-refractivity contribution in [3.05, 3.63) is 29.8 Å². The molecule has 0 unspecified atom stereocenters. The van der Waals surface area contributed by atoms with Crippen LogP contribution in [0.3, 0.4) is 0 Å². The number of benzene rings is 1. The lowest BCUT2D eigenvalue weighted by atomic mass is 10.0. The van der Waals surface area contributed by atoms with E-state index >= 15 is 0 Å². The molecule has 1 saturated heterocycles. The number of carbonyl (C=O) groups is 3. The minimum atomic E-state index is -1.04. The van der Waals surface area contributed by atoms with Gasteiger partial charge < -0.3 is 26.2 Å². The first-order chi connectivity index (χ1) is 13.2. The van der Waals surface area contributed by atoms with Gasteiger partial charge in [-0.1, -0.05) is 26.0 Å². The van der Waals surface area contributed by atoms with E-state index < -0.39 is 35.9 Å². The van der Waals surface area contributed by atoms with Gasteiger partial charge in [-0.15, -0.1) is 0 Å². The maximum atomic E-state index is 13.1. The van der Waals surface area contributed by atoms with Crippen molar-refractivity contribution in [2.75, 3.05) is 6.54 Å². The van der Waals surface area contributed by atoms with Crippen molar-refractivity contribution >= 4 is 17.8 Å². The van der Waals surface area contributed by atoms with Crippen LogP contribution < -0.4 is 11.1 Å². The van der Waals surface area contributed by atoms with Crippen LogP contribution >= 0.6 is 0 Å². The number of carboxylic acid groups (broad SMARTS) is 1. The van der Waals surface area contributed by atoms with Crippen LogP contribution in [0, 0.1) is 5.92 Å². The van der Waals surface area contributed by atoms with Crippen molar-refractivity contribution in [2.45, 2.75) is 57.7 Å². The zero-order valence-corrected chi connectivity index (χ0v) is 16.3. The quantitative estimate of drug-likeness (QED) is 0.520. The summed E-state index contributed by atoms with van der Waals surface area (Å²) in [5.41, 5.74) is 6.68. The fourth-order valence-electron chi connectivity index (χ4n) is 3.45. The van der Waals surface area contributed by atoms with Crippen LogP contribution in [0.15, 0.2) is 24.3 Å². The number of aromatic hydroxyl groups is 1. The molecule has 1 fully saturated rings. The molecule has 3 atom stereocenters. The summed E-state index contributed by atoms with van der Waals surface area (Å²) in [5.74, 6) is -1.58. The first kappa shape index (κ1) is 21.7. The molecule has 0 radical (unpaired) electrons. The number of phenols is 1. The summed E-state index contributed by atoms with van der Waals surface area (Å²) >= 11 is 0. The molecule has 2 amide bonds. The number of hydrogen-bond donors (Lipinski definition) is 4. The van der Waals surface area contributed by atoms with E-state index in [-0.39, 0.29) is 18.1 Å². The van der Waals surface area contributed by atoms with Gasteiger partial charge in [-0.2, -0.15) is 0 Å². The smallest absolute Gasteiger partial charge is 0.326 e. The van der Waals surface area contributed by atoms with Gasteiger partial charge in [0.1, 0.15) is 17.8 Å². The molecule has 1 heterocycles. The number of carboxylic acids is 1. The van der Waals surface area contributed by atoms with Gasteiger partial charge in [-0.05, 0) is 42.9 Å². The highest BCUT2D eigenvalue weighted by molar-refractivity contribution is 5.92. The molecule has 154 valence electrons. The maximum Gasteiger partial charge on any atom is 0.326 e. The monoisotopic (exact) mass is 391 g/mol. The van der Waals surface area contributed by atoms with Crippen molar-refractivity contribution in [3.63, 3.8) is 0 Å². The Morgan fingerprint density at radius 1 is 1.25 bits per heavy atom. The van der Waals surface area contributed by atoms with E-state index in [1.165, 1.54) is 17.0 Å². The van der Waals surface area contributed by atoms with E-state index in [0.29, 0.717) is 25.8 Å². The van der Waals surface area contributed by atoms with Gasteiger partial charge in [0, 0.05) is 13.0 Å². The first-order valence-corrected chi connectivity index (χ1v) is 9.56. The lowest BCUT2D eigenvalue weighted by Crippen LogP contribution is -2.55. The number of nitrogens with two attached hydrogens (primary N) is 1. The highest BCUT2D eigenvalue weighted by Crippen LogP contribution is 2.20. The molecule has 1 aliphatic rings. The van der Waals surface area contributed by atoms with Crippen molar-refractivity contribution < 1.29 is 24.6 Å². The molecular formula is C20H29N3O5. The predicted molar refractivity (Wildman–Crippen MR) is 104 cm³/mol. The third kappa shape index (κ3) is 5.69. The van der Waals surface area contributed by atoms with Crippen LogP contribution in [-0.2, 0) is 20.8 Å². The summed E-state index contributed by atoms with van der Waals surface area (Å²) in [6.45, 7) is 4.25. The first-order valence-electron chi connectivity index (χ1n) is 9.56. The topological polar surface area (TPSA) is 133 Å². The van der Waals surface area contributed by atoms with E-state index in [1.807, 2.05) is 13.8 Å². The SMILES string of the molecule is CC(C)C[C@H](N)C(=O)N[C@@H](Cc1ccc(O)cc1)C(=O)N1CCC[C@H]1C(=O)O. The third-order valence-electron chi connectivity index (χ3n) is 4.87. The normalized spacial score (nSPS) is 18.7. The van der Waals surface area contributed by atoms with Crippen molar-refractivity contribution in [3.8, 4) is 5.75 Å². The minimum Gasteiger partial charge on any atom is -0.508 e. The summed E-state index contributed by atoms with van der Waals surface area (Å²) in [6, 6.07) is 3.77. The fourth-order valence-corrected chi connectivity index (χ4v) is 3.45. The van der Waals surface area contributed by atoms with Gasteiger partial charge in [-0.3, -0.25) is 9.59 Å². The Balaban J connectivity index is 2.19. The average Bonchev–Trinajstić information content (AvgIpc) is 3.11. The Kier molecular flexibility index (Phi) is 7.39. The van der Waals surface area contributed by atoms with Crippen LogP contribution in [0.25, 0.3) is 0 Å². The van der Waals surface area contributed by atoms with Crippen LogP contribution in [-0.4, -0.2) is 57.6 Å². The predicted octanol–water partition coefficient (Wildman–Crippen LogP) is 0.869. The number of amides is 2. The number of aliphatic carboxylic acids is 1. The number of carbonyl (C=O) groups excluding carboxylic acids is 2. The van der Waals surface area contributed by atoms with E-state index in [2.05, 4.69) is 5.32 Å². The number of hydrogen-bond acceptors (Lipinski definition) is 5. The molecule has 1 aromatic rings. The zero-order valence-electron chi connectivity index (χ0n) is 16.3. The fraction of sp³-hybridized carbons (Fsp3) is 0.550. The molecule has 0 saturated carbocycles. The second kappa shape index (κ2) is 9.54. The average molecular weight is 391 g/mol. The summed E-state index contributed by atoms with van der Waals surface area (Å²) < 4.78 is 0. The molecule has 1 aliphatic heterocycles. The highest BCUT2D eigenvalue weighted by atomic mass is 16.4. The molecule has 8 nitrogen and oxygen atoms in total. The minimum absolute atomic E-state index is 0.0973. The van der Waals surface area contributed by atoms with E-state index in [4.69, 9.17) is 5.73 Å². The number of rotatable bonds is 8.